The van der Waals surface area contributed by atoms with Gasteiger partial charge in [-0.2, -0.15) is 0 Å². The van der Waals surface area contributed by atoms with Crippen LogP contribution in [0.25, 0.3) is 0 Å². The van der Waals surface area contributed by atoms with Crippen molar-refractivity contribution < 1.29 is 24.5 Å². The highest BCUT2D eigenvalue weighted by atomic mass is 16.5. The number of amides is 1. The molecule has 3 atom stereocenters. The summed E-state index contributed by atoms with van der Waals surface area (Å²) in [5.74, 6) is -0.473. The molecule has 1 amide bonds. The van der Waals surface area contributed by atoms with E-state index in [9.17, 15) is 19.8 Å². The number of aliphatic hydroxyl groups excluding tert-OH is 2. The van der Waals surface area contributed by atoms with E-state index < -0.39 is 18.2 Å². The van der Waals surface area contributed by atoms with Gasteiger partial charge in [-0.15, -0.1) is 0 Å². The Balaban J connectivity index is 4.55. The molecule has 0 bridgehead atoms. The molecule has 0 aliphatic rings. The molecular formula is C48H93NO5. The van der Waals surface area contributed by atoms with Crippen molar-refractivity contribution in [2.24, 2.45) is 0 Å². The molecule has 6 heteroatoms. The van der Waals surface area contributed by atoms with Gasteiger partial charge in [0, 0.05) is 6.42 Å². The molecule has 0 saturated heterocycles. The first kappa shape index (κ1) is 52.6. The van der Waals surface area contributed by atoms with E-state index in [0.717, 1.165) is 57.8 Å². The van der Waals surface area contributed by atoms with Crippen molar-refractivity contribution in [2.75, 3.05) is 6.61 Å². The fourth-order valence-electron chi connectivity index (χ4n) is 7.43. The number of hydrogen-bond acceptors (Lipinski definition) is 5. The van der Waals surface area contributed by atoms with Gasteiger partial charge in [0.15, 0.2) is 0 Å². The monoisotopic (exact) mass is 764 g/mol. The average molecular weight is 764 g/mol. The van der Waals surface area contributed by atoms with Crippen molar-refractivity contribution in [3.05, 3.63) is 12.2 Å². The van der Waals surface area contributed by atoms with Gasteiger partial charge in [-0.1, -0.05) is 213 Å². The van der Waals surface area contributed by atoms with Crippen LogP contribution in [0.5, 0.6) is 0 Å². The first-order chi connectivity index (χ1) is 26.5. The van der Waals surface area contributed by atoms with E-state index >= 15 is 0 Å². The van der Waals surface area contributed by atoms with Crippen LogP contribution in [-0.4, -0.2) is 46.9 Å². The second kappa shape index (κ2) is 42.7. The van der Waals surface area contributed by atoms with Crippen LogP contribution in [0.1, 0.15) is 258 Å². The number of esters is 1. The normalized spacial score (nSPS) is 13.4. The Bertz CT molecular complexity index is 817. The van der Waals surface area contributed by atoms with Crippen LogP contribution < -0.4 is 5.32 Å². The standard InChI is InChI=1S/C48H93NO5/c1-4-7-10-13-16-19-22-23-24-25-26-27-30-33-36-39-44(54-48(53)41-38-35-32-29-21-18-15-12-9-6-3)42-47(52)49-45(43-50)46(51)40-37-34-31-28-20-17-14-11-8-5-2/h12,15,44-46,50-51H,4-11,13-14,16-43H2,1-3H3,(H,49,52)/b15-12-. The molecule has 3 unspecified atom stereocenters. The fourth-order valence-corrected chi connectivity index (χ4v) is 7.43. The molecule has 0 aliphatic carbocycles. The minimum absolute atomic E-state index is 0.0807. The topological polar surface area (TPSA) is 95.9 Å². The predicted molar refractivity (Wildman–Crippen MR) is 232 cm³/mol. The molecule has 0 rings (SSSR count). The third kappa shape index (κ3) is 37.5. The van der Waals surface area contributed by atoms with Crippen LogP contribution in [0.3, 0.4) is 0 Å². The maximum Gasteiger partial charge on any atom is 0.306 e. The molecule has 54 heavy (non-hydrogen) atoms. The van der Waals surface area contributed by atoms with E-state index in [2.05, 4.69) is 38.2 Å². The van der Waals surface area contributed by atoms with Crippen LogP contribution in [0, 0.1) is 0 Å². The number of allylic oxidation sites excluding steroid dienone is 2. The third-order valence-corrected chi connectivity index (χ3v) is 11.1. The number of ether oxygens (including phenoxy) is 1. The highest BCUT2D eigenvalue weighted by Gasteiger charge is 2.24. The Hall–Kier alpha value is -1.40. The van der Waals surface area contributed by atoms with Crippen molar-refractivity contribution in [1.29, 1.82) is 0 Å². The summed E-state index contributed by atoms with van der Waals surface area (Å²) in [6.07, 6.45) is 45.6. The first-order valence-corrected chi connectivity index (χ1v) is 23.9. The van der Waals surface area contributed by atoms with Gasteiger partial charge < -0.3 is 20.3 Å². The fraction of sp³-hybridized carbons (Fsp3) is 0.917. The molecule has 3 N–H and O–H groups in total. The zero-order valence-electron chi connectivity index (χ0n) is 36.4. The summed E-state index contributed by atoms with van der Waals surface area (Å²) in [4.78, 5) is 26.0. The number of aliphatic hydroxyl groups is 2. The molecule has 0 spiro atoms. The highest BCUT2D eigenvalue weighted by molar-refractivity contribution is 5.77. The largest absolute Gasteiger partial charge is 0.462 e. The van der Waals surface area contributed by atoms with Gasteiger partial charge in [-0.05, 0) is 44.9 Å². The van der Waals surface area contributed by atoms with Crippen LogP contribution >= 0.6 is 0 Å². The first-order valence-electron chi connectivity index (χ1n) is 23.9. The van der Waals surface area contributed by atoms with Gasteiger partial charge in [0.05, 0.1) is 25.2 Å². The quantitative estimate of drug-likeness (QED) is 0.0326. The van der Waals surface area contributed by atoms with E-state index in [1.807, 2.05) is 0 Å². The molecular weight excluding hydrogens is 671 g/mol. The Kier molecular flexibility index (Phi) is 41.6. The zero-order valence-corrected chi connectivity index (χ0v) is 36.4. The lowest BCUT2D eigenvalue weighted by Gasteiger charge is -2.24. The summed E-state index contributed by atoms with van der Waals surface area (Å²) in [5, 5.41) is 23.6. The number of unbranched alkanes of at least 4 members (excludes halogenated alkanes) is 29. The van der Waals surface area contributed by atoms with E-state index in [4.69, 9.17) is 4.74 Å². The van der Waals surface area contributed by atoms with Crippen LogP contribution in [0.15, 0.2) is 12.2 Å². The van der Waals surface area contributed by atoms with E-state index in [-0.39, 0.29) is 24.9 Å². The van der Waals surface area contributed by atoms with Gasteiger partial charge in [-0.25, -0.2) is 0 Å². The predicted octanol–water partition coefficient (Wildman–Crippen LogP) is 13.8. The smallest absolute Gasteiger partial charge is 0.306 e. The number of nitrogens with one attached hydrogen (secondary N) is 1. The summed E-state index contributed by atoms with van der Waals surface area (Å²) in [7, 11) is 0. The SMILES string of the molecule is CCC/C=C\CCCCCCCC(=O)OC(CCCCCCCCCCCCCCCCC)CC(=O)NC(CO)C(O)CCCCCCCCCCCC. The van der Waals surface area contributed by atoms with Crippen molar-refractivity contribution in [3.8, 4) is 0 Å². The summed E-state index contributed by atoms with van der Waals surface area (Å²) in [5.41, 5.74) is 0. The summed E-state index contributed by atoms with van der Waals surface area (Å²) in [6.45, 7) is 6.42. The lowest BCUT2D eigenvalue weighted by atomic mass is 10.0. The molecule has 320 valence electrons. The Morgan fingerprint density at radius 3 is 1.39 bits per heavy atom. The molecule has 0 aromatic carbocycles. The number of rotatable bonds is 43. The maximum atomic E-state index is 13.1. The number of carbonyl (C=O) groups is 2. The van der Waals surface area contributed by atoms with Crippen molar-refractivity contribution in [1.82, 2.24) is 5.32 Å². The molecule has 0 heterocycles. The zero-order chi connectivity index (χ0) is 39.6. The summed E-state index contributed by atoms with van der Waals surface area (Å²) in [6, 6.07) is -0.694. The summed E-state index contributed by atoms with van der Waals surface area (Å²) >= 11 is 0. The molecule has 0 aromatic heterocycles. The Labute approximate surface area is 336 Å². The highest BCUT2D eigenvalue weighted by Crippen LogP contribution is 2.18. The van der Waals surface area contributed by atoms with Gasteiger partial charge >= 0.3 is 5.97 Å². The number of hydrogen-bond donors (Lipinski definition) is 3. The van der Waals surface area contributed by atoms with E-state index in [1.165, 1.54) is 154 Å². The molecule has 0 radical (unpaired) electrons. The van der Waals surface area contributed by atoms with Crippen molar-refractivity contribution in [3.63, 3.8) is 0 Å². The minimum Gasteiger partial charge on any atom is -0.462 e. The van der Waals surface area contributed by atoms with Gasteiger partial charge in [0.1, 0.15) is 6.10 Å². The Morgan fingerprint density at radius 2 is 0.926 bits per heavy atom. The second-order valence-electron chi connectivity index (χ2n) is 16.5. The molecule has 0 aliphatic heterocycles. The van der Waals surface area contributed by atoms with E-state index in [0.29, 0.717) is 19.3 Å². The van der Waals surface area contributed by atoms with Gasteiger partial charge in [0.2, 0.25) is 5.91 Å². The lowest BCUT2D eigenvalue weighted by molar-refractivity contribution is -0.151. The average Bonchev–Trinajstić information content (AvgIpc) is 3.16. The van der Waals surface area contributed by atoms with Crippen LogP contribution in [0.4, 0.5) is 0 Å². The van der Waals surface area contributed by atoms with Crippen LogP contribution in [0.2, 0.25) is 0 Å². The summed E-state index contributed by atoms with van der Waals surface area (Å²) < 4.78 is 5.90. The van der Waals surface area contributed by atoms with Crippen molar-refractivity contribution >= 4 is 11.9 Å². The maximum absolute atomic E-state index is 13.1. The molecule has 0 saturated carbocycles. The van der Waals surface area contributed by atoms with Crippen molar-refractivity contribution in [2.45, 2.75) is 277 Å². The number of carbonyl (C=O) groups excluding carboxylic acids is 2. The van der Waals surface area contributed by atoms with Gasteiger partial charge in [-0.3, -0.25) is 9.59 Å². The molecule has 0 aromatic rings. The Morgan fingerprint density at radius 1 is 0.519 bits per heavy atom. The minimum atomic E-state index is -0.781. The van der Waals surface area contributed by atoms with Gasteiger partial charge in [0.25, 0.3) is 0 Å². The lowest BCUT2D eigenvalue weighted by Crippen LogP contribution is -2.46. The third-order valence-electron chi connectivity index (χ3n) is 11.1. The molecule has 0 fully saturated rings. The van der Waals surface area contributed by atoms with Crippen LogP contribution in [-0.2, 0) is 14.3 Å². The molecule has 6 nitrogen and oxygen atoms in total. The second-order valence-corrected chi connectivity index (χ2v) is 16.5. The van der Waals surface area contributed by atoms with E-state index in [1.54, 1.807) is 0 Å².